The Morgan fingerprint density at radius 2 is 1.62 bits per heavy atom. The van der Waals surface area contributed by atoms with E-state index in [4.69, 9.17) is 9.47 Å². The van der Waals surface area contributed by atoms with Crippen LogP contribution in [-0.2, 0) is 19.5 Å². The molecule has 0 bridgehead atoms. The van der Waals surface area contributed by atoms with E-state index in [2.05, 4.69) is 4.90 Å². The fourth-order valence-corrected chi connectivity index (χ4v) is 3.60. The third kappa shape index (κ3) is 5.13. The Labute approximate surface area is 170 Å². The molecule has 0 unspecified atom stereocenters. The molecule has 0 saturated carbocycles. The van der Waals surface area contributed by atoms with Crippen molar-refractivity contribution >= 4 is 0 Å². The first-order valence-electron chi connectivity index (χ1n) is 9.73. The first-order valence-corrected chi connectivity index (χ1v) is 9.73. The van der Waals surface area contributed by atoms with Gasteiger partial charge in [0.2, 0.25) is 6.79 Å². The molecule has 0 amide bonds. The van der Waals surface area contributed by atoms with Crippen molar-refractivity contribution in [1.29, 1.82) is 0 Å². The van der Waals surface area contributed by atoms with E-state index in [0.29, 0.717) is 31.6 Å². The molecule has 0 spiro atoms. The summed E-state index contributed by atoms with van der Waals surface area (Å²) in [6.07, 6.45) is -0.00590. The van der Waals surface area contributed by atoms with Crippen LogP contribution < -0.4 is 9.47 Å². The highest BCUT2D eigenvalue weighted by atomic mass is 19.1. The third-order valence-corrected chi connectivity index (χ3v) is 4.98. The Hall–Kier alpha value is -2.89. The minimum atomic E-state index is -0.557. The normalized spacial score (nSPS) is 13.6. The van der Waals surface area contributed by atoms with Crippen LogP contribution >= 0.6 is 0 Å². The van der Waals surface area contributed by atoms with Gasteiger partial charge in [0.25, 0.3) is 0 Å². The van der Waals surface area contributed by atoms with E-state index < -0.39 is 6.10 Å². The minimum absolute atomic E-state index is 0.230. The lowest BCUT2D eigenvalue weighted by Crippen LogP contribution is -2.33. The predicted molar refractivity (Wildman–Crippen MR) is 109 cm³/mol. The van der Waals surface area contributed by atoms with Gasteiger partial charge in [-0.3, -0.25) is 4.90 Å². The van der Waals surface area contributed by atoms with Gasteiger partial charge in [0, 0.05) is 25.2 Å². The Kier molecular flexibility index (Phi) is 6.08. The summed E-state index contributed by atoms with van der Waals surface area (Å²) in [5.74, 6) is 1.22. The van der Waals surface area contributed by atoms with Gasteiger partial charge in [-0.2, -0.15) is 0 Å². The number of fused-ring (bicyclic) bond motifs is 1. The van der Waals surface area contributed by atoms with Crippen LogP contribution in [0.15, 0.2) is 72.8 Å². The van der Waals surface area contributed by atoms with Crippen LogP contribution in [0.1, 0.15) is 16.7 Å². The number of ether oxygens (including phenoxy) is 2. The molecule has 1 atom stereocenters. The molecular formula is C24H24FNO3. The fraction of sp³-hybridized carbons (Fsp3) is 0.250. The average Bonchev–Trinajstić information content (AvgIpc) is 3.18. The summed E-state index contributed by atoms with van der Waals surface area (Å²) in [5.41, 5.74) is 2.71. The maximum atomic E-state index is 14.2. The van der Waals surface area contributed by atoms with Crippen LogP contribution in [0.5, 0.6) is 11.5 Å². The van der Waals surface area contributed by atoms with Gasteiger partial charge in [-0.05, 0) is 35.7 Å². The average molecular weight is 393 g/mol. The molecule has 4 nitrogen and oxygen atoms in total. The lowest BCUT2D eigenvalue weighted by molar-refractivity contribution is 0.104. The first kappa shape index (κ1) is 19.4. The Balaban J connectivity index is 1.49. The molecule has 0 aliphatic carbocycles. The molecule has 150 valence electrons. The van der Waals surface area contributed by atoms with E-state index in [1.807, 2.05) is 54.6 Å². The van der Waals surface area contributed by atoms with Crippen molar-refractivity contribution in [1.82, 2.24) is 4.90 Å². The van der Waals surface area contributed by atoms with E-state index in [9.17, 15) is 9.50 Å². The number of benzene rings is 3. The number of rotatable bonds is 8. The summed E-state index contributed by atoms with van der Waals surface area (Å²) in [7, 11) is 0. The van der Waals surface area contributed by atoms with Crippen molar-refractivity contribution in [3.8, 4) is 11.5 Å². The van der Waals surface area contributed by atoms with Crippen LogP contribution in [-0.4, -0.2) is 29.4 Å². The first-order chi connectivity index (χ1) is 14.2. The van der Waals surface area contributed by atoms with Gasteiger partial charge < -0.3 is 14.6 Å². The van der Waals surface area contributed by atoms with Gasteiger partial charge in [0.1, 0.15) is 5.82 Å². The summed E-state index contributed by atoms with van der Waals surface area (Å²) in [5, 5.41) is 10.7. The van der Waals surface area contributed by atoms with Gasteiger partial charge >= 0.3 is 0 Å². The van der Waals surface area contributed by atoms with E-state index in [1.165, 1.54) is 6.07 Å². The van der Waals surface area contributed by atoms with Crippen LogP contribution in [0, 0.1) is 5.82 Å². The molecular weight excluding hydrogens is 369 g/mol. The van der Waals surface area contributed by atoms with Crippen molar-refractivity contribution < 1.29 is 19.0 Å². The fourth-order valence-electron chi connectivity index (χ4n) is 3.60. The highest BCUT2D eigenvalue weighted by Gasteiger charge is 2.18. The lowest BCUT2D eigenvalue weighted by Gasteiger charge is -2.26. The maximum absolute atomic E-state index is 14.2. The molecule has 4 rings (SSSR count). The summed E-state index contributed by atoms with van der Waals surface area (Å²) in [6, 6.07) is 22.5. The van der Waals surface area contributed by atoms with E-state index >= 15 is 0 Å². The standard InChI is InChI=1S/C24H24FNO3/c25-22-9-5-4-8-20(22)15-26(16-21(27)12-18-6-2-1-3-7-18)14-19-10-11-23-24(13-19)29-17-28-23/h1-11,13,21,27H,12,14-17H2/t21-/m0/s1. The number of nitrogens with zero attached hydrogens (tertiary/aromatic N) is 1. The van der Waals surface area contributed by atoms with Crippen molar-refractivity contribution in [2.75, 3.05) is 13.3 Å². The molecule has 1 aliphatic heterocycles. The van der Waals surface area contributed by atoms with Crippen molar-refractivity contribution in [3.05, 3.63) is 95.3 Å². The zero-order chi connectivity index (χ0) is 20.1. The van der Waals surface area contributed by atoms with Gasteiger partial charge in [-0.25, -0.2) is 4.39 Å². The summed E-state index contributed by atoms with van der Waals surface area (Å²) < 4.78 is 25.1. The summed E-state index contributed by atoms with van der Waals surface area (Å²) in [6.45, 7) is 1.63. The Bertz CT molecular complexity index is 948. The molecule has 0 fully saturated rings. The number of hydrogen-bond donors (Lipinski definition) is 1. The smallest absolute Gasteiger partial charge is 0.231 e. The van der Waals surface area contributed by atoms with Crippen LogP contribution in [0.4, 0.5) is 4.39 Å². The molecule has 1 aliphatic rings. The molecule has 5 heteroatoms. The van der Waals surface area contributed by atoms with Crippen molar-refractivity contribution in [3.63, 3.8) is 0 Å². The van der Waals surface area contributed by atoms with Gasteiger partial charge in [-0.15, -0.1) is 0 Å². The minimum Gasteiger partial charge on any atom is -0.454 e. The highest BCUT2D eigenvalue weighted by molar-refractivity contribution is 5.44. The topological polar surface area (TPSA) is 41.9 Å². The molecule has 3 aromatic carbocycles. The van der Waals surface area contributed by atoms with Crippen molar-refractivity contribution in [2.45, 2.75) is 25.6 Å². The number of hydrogen-bond acceptors (Lipinski definition) is 4. The zero-order valence-corrected chi connectivity index (χ0v) is 16.1. The summed E-state index contributed by atoms with van der Waals surface area (Å²) >= 11 is 0. The summed E-state index contributed by atoms with van der Waals surface area (Å²) in [4.78, 5) is 2.06. The zero-order valence-electron chi connectivity index (χ0n) is 16.1. The second kappa shape index (κ2) is 9.07. The molecule has 0 radical (unpaired) electrons. The van der Waals surface area contributed by atoms with Gasteiger partial charge in [0.15, 0.2) is 11.5 Å². The maximum Gasteiger partial charge on any atom is 0.231 e. The lowest BCUT2D eigenvalue weighted by atomic mass is 10.1. The highest BCUT2D eigenvalue weighted by Crippen LogP contribution is 2.33. The molecule has 3 aromatic rings. The Morgan fingerprint density at radius 1 is 0.862 bits per heavy atom. The largest absolute Gasteiger partial charge is 0.454 e. The van der Waals surface area contributed by atoms with Crippen molar-refractivity contribution in [2.24, 2.45) is 0 Å². The molecule has 1 heterocycles. The van der Waals surface area contributed by atoms with Crippen LogP contribution in [0.2, 0.25) is 0 Å². The number of aliphatic hydroxyl groups is 1. The number of halogens is 1. The second-order valence-electron chi connectivity index (χ2n) is 7.29. The monoisotopic (exact) mass is 393 g/mol. The van der Waals surface area contributed by atoms with Crippen LogP contribution in [0.25, 0.3) is 0 Å². The van der Waals surface area contributed by atoms with E-state index in [0.717, 1.165) is 22.6 Å². The third-order valence-electron chi connectivity index (χ3n) is 4.98. The quantitative estimate of drug-likeness (QED) is 0.624. The van der Waals surface area contributed by atoms with E-state index in [1.54, 1.807) is 12.1 Å². The van der Waals surface area contributed by atoms with E-state index in [-0.39, 0.29) is 12.6 Å². The Morgan fingerprint density at radius 3 is 2.45 bits per heavy atom. The molecule has 29 heavy (non-hydrogen) atoms. The van der Waals surface area contributed by atoms with Gasteiger partial charge in [-0.1, -0.05) is 54.6 Å². The molecule has 1 N–H and O–H groups in total. The second-order valence-corrected chi connectivity index (χ2v) is 7.29. The molecule has 0 aromatic heterocycles. The molecule has 0 saturated heterocycles. The number of aliphatic hydroxyl groups excluding tert-OH is 1. The van der Waals surface area contributed by atoms with Gasteiger partial charge in [0.05, 0.1) is 6.10 Å². The van der Waals surface area contributed by atoms with Crippen LogP contribution in [0.3, 0.4) is 0 Å². The predicted octanol–water partition coefficient (Wildman–Crippen LogP) is 4.16. The SMILES string of the molecule is O[C@@H](Cc1ccccc1)CN(Cc1ccc2c(c1)OCO2)Cc1ccccc1F.